The lowest BCUT2D eigenvalue weighted by Gasteiger charge is -1.96. The Kier molecular flexibility index (Phi) is 0.887. The highest BCUT2D eigenvalue weighted by atomic mass is 16.5. The summed E-state index contributed by atoms with van der Waals surface area (Å²) in [5.74, 6) is 0.544. The molecule has 2 rings (SSSR count). The van der Waals surface area contributed by atoms with Crippen LogP contribution in [0.3, 0.4) is 0 Å². The zero-order valence-corrected chi connectivity index (χ0v) is 5.11. The Labute approximate surface area is 56.5 Å². The fourth-order valence-electron chi connectivity index (χ4n) is 0.811. The molecule has 2 aliphatic heterocycles. The van der Waals surface area contributed by atoms with Gasteiger partial charge in [0.05, 0.1) is 6.20 Å². The normalized spacial score (nSPS) is 10.4. The predicted molar refractivity (Wildman–Crippen MR) is 32.9 cm³/mol. The maximum atomic E-state index is 7.30. The molecule has 0 amide bonds. The lowest BCUT2D eigenvalue weighted by molar-refractivity contribution is 0.320. The molecule has 2 heterocycles. The van der Waals surface area contributed by atoms with Crippen molar-refractivity contribution in [1.29, 1.82) is 5.41 Å². The van der Waals surface area contributed by atoms with Gasteiger partial charge in [0.15, 0.2) is 5.82 Å². The molecular formula is C6H5N3O. The minimum atomic E-state index is 0.379. The van der Waals surface area contributed by atoms with Crippen LogP contribution >= 0.6 is 0 Å². The van der Waals surface area contributed by atoms with Crippen molar-refractivity contribution in [1.82, 2.24) is 9.72 Å². The van der Waals surface area contributed by atoms with E-state index in [9.17, 15) is 0 Å². The summed E-state index contributed by atoms with van der Waals surface area (Å²) in [6.07, 6.45) is 4.64. The van der Waals surface area contributed by atoms with Crippen LogP contribution in [0.1, 0.15) is 0 Å². The number of nitrogens with one attached hydrogen (secondary N) is 1. The first-order chi connectivity index (χ1) is 4.88. The molecule has 0 saturated heterocycles. The van der Waals surface area contributed by atoms with Gasteiger partial charge in [0.2, 0.25) is 0 Å². The highest BCUT2D eigenvalue weighted by molar-refractivity contribution is 5.19. The van der Waals surface area contributed by atoms with E-state index in [-0.39, 0.29) is 0 Å². The van der Waals surface area contributed by atoms with Crippen molar-refractivity contribution < 1.29 is 4.52 Å². The van der Waals surface area contributed by atoms with Crippen molar-refractivity contribution in [3.05, 3.63) is 30.1 Å². The van der Waals surface area contributed by atoms with Gasteiger partial charge >= 0.3 is 0 Å². The van der Waals surface area contributed by atoms with Gasteiger partial charge < -0.3 is 4.52 Å². The molecule has 10 heavy (non-hydrogen) atoms. The number of rotatable bonds is 0. The van der Waals surface area contributed by atoms with Gasteiger partial charge in [-0.15, -0.1) is 0 Å². The van der Waals surface area contributed by atoms with Crippen LogP contribution in [0.15, 0.2) is 29.2 Å². The van der Waals surface area contributed by atoms with Crippen LogP contribution in [0, 0.1) is 5.41 Å². The van der Waals surface area contributed by atoms with Gasteiger partial charge in [0.25, 0.3) is 0 Å². The zero-order chi connectivity index (χ0) is 6.97. The second-order valence-corrected chi connectivity index (χ2v) is 1.90. The summed E-state index contributed by atoms with van der Waals surface area (Å²) >= 11 is 0. The van der Waals surface area contributed by atoms with Crippen LogP contribution in [-0.2, 0) is 0 Å². The quantitative estimate of drug-likeness (QED) is 0.567. The Morgan fingerprint density at radius 1 is 1.60 bits per heavy atom. The fourth-order valence-corrected chi connectivity index (χ4v) is 0.811. The molecule has 50 valence electrons. The van der Waals surface area contributed by atoms with Crippen molar-refractivity contribution >= 4 is 0 Å². The van der Waals surface area contributed by atoms with Crippen LogP contribution in [0.4, 0.5) is 0 Å². The molecule has 0 spiro atoms. The molecule has 0 radical (unpaired) electrons. The zero-order valence-electron chi connectivity index (χ0n) is 5.11. The average molecular weight is 135 g/mol. The fraction of sp³-hybridized carbons (Fsp3) is 0. The third-order valence-electron chi connectivity index (χ3n) is 1.26. The molecule has 0 unspecified atom stereocenters. The first-order valence-corrected chi connectivity index (χ1v) is 2.84. The summed E-state index contributed by atoms with van der Waals surface area (Å²) in [5, 5.41) is 7.68. The van der Waals surface area contributed by atoms with Crippen molar-refractivity contribution in [2.24, 2.45) is 0 Å². The summed E-state index contributed by atoms with van der Waals surface area (Å²) in [7, 11) is 0. The highest BCUT2D eigenvalue weighted by Gasteiger charge is 2.01. The van der Waals surface area contributed by atoms with Gasteiger partial charge in [0, 0.05) is 6.20 Å². The van der Waals surface area contributed by atoms with Gasteiger partial charge in [0.1, 0.15) is 11.6 Å². The van der Waals surface area contributed by atoms with E-state index in [1.807, 2.05) is 0 Å². The van der Waals surface area contributed by atoms with Gasteiger partial charge in [-0.1, -0.05) is 0 Å². The SMILES string of the molecule is N=c1ccn2occnc1-2. The molecule has 0 aliphatic carbocycles. The first-order valence-electron chi connectivity index (χ1n) is 2.84. The molecule has 0 aromatic heterocycles. The van der Waals surface area contributed by atoms with E-state index in [1.165, 1.54) is 17.2 Å². The molecular weight excluding hydrogens is 130 g/mol. The maximum Gasteiger partial charge on any atom is 0.193 e. The average Bonchev–Trinajstić information content (AvgIpc) is 2.34. The summed E-state index contributed by atoms with van der Waals surface area (Å²) < 4.78 is 6.41. The van der Waals surface area contributed by atoms with Crippen LogP contribution in [-0.4, -0.2) is 9.72 Å². The van der Waals surface area contributed by atoms with Gasteiger partial charge in [-0.2, -0.15) is 4.74 Å². The number of nitrogens with zero attached hydrogens (tertiary/aromatic N) is 2. The van der Waals surface area contributed by atoms with Gasteiger partial charge in [-0.25, -0.2) is 4.98 Å². The van der Waals surface area contributed by atoms with E-state index in [4.69, 9.17) is 9.93 Å². The number of hydrogen-bond acceptors (Lipinski definition) is 3. The molecule has 0 aromatic rings. The Morgan fingerprint density at radius 3 is 3.30 bits per heavy atom. The number of hydrogen-bond donors (Lipinski definition) is 1. The molecule has 4 nitrogen and oxygen atoms in total. The first kappa shape index (κ1) is 5.22. The Balaban J connectivity index is 2.91. The van der Waals surface area contributed by atoms with E-state index >= 15 is 0 Å². The van der Waals surface area contributed by atoms with E-state index < -0.39 is 0 Å². The van der Waals surface area contributed by atoms with E-state index in [0.29, 0.717) is 11.2 Å². The van der Waals surface area contributed by atoms with Crippen molar-refractivity contribution in [3.8, 4) is 5.82 Å². The number of fused-ring (bicyclic) bond motifs is 1. The largest absolute Gasteiger partial charge is 0.380 e. The lowest BCUT2D eigenvalue weighted by atomic mass is 10.6. The van der Waals surface area contributed by atoms with Crippen molar-refractivity contribution in [2.75, 3.05) is 0 Å². The predicted octanol–water partition coefficient (Wildman–Crippen LogP) is 0.383. The topological polar surface area (TPSA) is 54.8 Å². The van der Waals surface area contributed by atoms with E-state index in [0.717, 1.165) is 0 Å². The monoisotopic (exact) mass is 135 g/mol. The summed E-state index contributed by atoms with van der Waals surface area (Å²) in [6, 6.07) is 1.63. The second-order valence-electron chi connectivity index (χ2n) is 1.90. The molecule has 2 aliphatic rings. The molecule has 0 saturated carbocycles. The van der Waals surface area contributed by atoms with Gasteiger partial charge in [-0.3, -0.25) is 5.41 Å². The minimum absolute atomic E-state index is 0.379. The van der Waals surface area contributed by atoms with E-state index in [1.54, 1.807) is 12.3 Å². The lowest BCUT2D eigenvalue weighted by Crippen LogP contribution is -2.04. The molecule has 0 bridgehead atoms. The van der Waals surface area contributed by atoms with Crippen molar-refractivity contribution in [3.63, 3.8) is 0 Å². The summed E-state index contributed by atoms with van der Waals surface area (Å²) in [5.41, 5.74) is 0. The molecule has 0 fully saturated rings. The van der Waals surface area contributed by atoms with Crippen LogP contribution in [0.2, 0.25) is 0 Å². The smallest absolute Gasteiger partial charge is 0.193 e. The van der Waals surface area contributed by atoms with E-state index in [2.05, 4.69) is 4.98 Å². The molecule has 0 atom stereocenters. The van der Waals surface area contributed by atoms with Crippen LogP contribution in [0.5, 0.6) is 0 Å². The van der Waals surface area contributed by atoms with Gasteiger partial charge in [-0.05, 0) is 6.07 Å². The standard InChI is InChI=1S/C6H5N3O/c7-5-1-3-9-6(5)8-2-4-10-9/h1-4,7H. The molecule has 0 aromatic carbocycles. The maximum absolute atomic E-state index is 7.30. The Hall–Kier alpha value is -1.58. The van der Waals surface area contributed by atoms with Crippen LogP contribution < -0.4 is 5.36 Å². The Bertz CT molecular complexity index is 362. The Morgan fingerprint density at radius 2 is 2.50 bits per heavy atom. The third-order valence-corrected chi connectivity index (χ3v) is 1.26. The number of aromatic nitrogens is 2. The summed E-state index contributed by atoms with van der Waals surface area (Å²) in [4.78, 5) is 3.92. The van der Waals surface area contributed by atoms with Crippen molar-refractivity contribution in [2.45, 2.75) is 0 Å². The van der Waals surface area contributed by atoms with Crippen LogP contribution in [0.25, 0.3) is 5.82 Å². The summed E-state index contributed by atoms with van der Waals surface area (Å²) in [6.45, 7) is 0. The minimum Gasteiger partial charge on any atom is -0.380 e. The molecule has 1 N–H and O–H groups in total. The molecule has 4 heteroatoms. The third kappa shape index (κ3) is 0.556. The highest BCUT2D eigenvalue weighted by Crippen LogP contribution is 1.97. The second kappa shape index (κ2) is 1.70.